The summed E-state index contributed by atoms with van der Waals surface area (Å²) in [6.07, 6.45) is 3.68. The van der Waals surface area contributed by atoms with Gasteiger partial charge < -0.3 is 14.6 Å². The number of pyridine rings is 1. The minimum atomic E-state index is -0.0938. The number of hydrogen-bond donors (Lipinski definition) is 1. The molecular weight excluding hydrogens is 342 g/mol. The first-order valence-electron chi connectivity index (χ1n) is 9.12. The number of rotatable bonds is 3. The highest BCUT2D eigenvalue weighted by atomic mass is 16.5. The Morgan fingerprint density at radius 3 is 3.04 bits per heavy atom. The van der Waals surface area contributed by atoms with Gasteiger partial charge in [0.2, 0.25) is 5.91 Å². The van der Waals surface area contributed by atoms with Gasteiger partial charge in [-0.2, -0.15) is 5.26 Å². The maximum absolute atomic E-state index is 11.5. The fourth-order valence-electron chi connectivity index (χ4n) is 3.82. The smallest absolute Gasteiger partial charge is 0.217 e. The van der Waals surface area contributed by atoms with E-state index >= 15 is 0 Å². The molecule has 1 aliphatic rings. The van der Waals surface area contributed by atoms with Crippen LogP contribution in [0.2, 0.25) is 0 Å². The van der Waals surface area contributed by atoms with E-state index in [4.69, 9.17) is 9.72 Å². The zero-order valence-corrected chi connectivity index (χ0v) is 15.4. The predicted molar refractivity (Wildman–Crippen MR) is 101 cm³/mol. The van der Waals surface area contributed by atoms with Crippen LogP contribution in [-0.4, -0.2) is 33.2 Å². The van der Waals surface area contributed by atoms with Crippen LogP contribution < -0.4 is 5.32 Å². The van der Waals surface area contributed by atoms with E-state index in [1.807, 2.05) is 12.1 Å². The molecule has 0 bridgehead atoms. The number of aromatic nitrogens is 3. The minimum Gasteiger partial charge on any atom is -0.378 e. The summed E-state index contributed by atoms with van der Waals surface area (Å²) in [5.41, 5.74) is 3.16. The van der Waals surface area contributed by atoms with Crippen LogP contribution in [0.25, 0.3) is 21.9 Å². The second kappa shape index (κ2) is 6.97. The maximum Gasteiger partial charge on any atom is 0.217 e. The minimum absolute atomic E-state index is 0.0938. The molecule has 27 heavy (non-hydrogen) atoms. The lowest BCUT2D eigenvalue weighted by Crippen LogP contribution is -2.28. The van der Waals surface area contributed by atoms with Crippen molar-refractivity contribution in [3.05, 3.63) is 35.8 Å². The fraction of sp³-hybridized carbons (Fsp3) is 0.400. The summed E-state index contributed by atoms with van der Waals surface area (Å²) in [7, 11) is 0. The third-order valence-electron chi connectivity index (χ3n) is 5.04. The molecule has 1 saturated heterocycles. The van der Waals surface area contributed by atoms with E-state index in [2.05, 4.69) is 27.9 Å². The Morgan fingerprint density at radius 1 is 1.44 bits per heavy atom. The topological polar surface area (TPSA) is 92.8 Å². The third-order valence-corrected chi connectivity index (χ3v) is 5.04. The van der Waals surface area contributed by atoms with Crippen LogP contribution >= 0.6 is 0 Å². The van der Waals surface area contributed by atoms with Crippen LogP contribution in [0.1, 0.15) is 44.1 Å². The van der Waals surface area contributed by atoms with E-state index in [1.54, 1.807) is 12.3 Å². The lowest BCUT2D eigenvalue weighted by molar-refractivity contribution is -0.119. The van der Waals surface area contributed by atoms with Crippen molar-refractivity contribution in [1.29, 1.82) is 5.26 Å². The average Bonchev–Trinajstić information content (AvgIpc) is 3.05. The molecule has 1 unspecified atom stereocenters. The quantitative estimate of drug-likeness (QED) is 0.772. The second-order valence-corrected chi connectivity index (χ2v) is 7.00. The summed E-state index contributed by atoms with van der Waals surface area (Å²) >= 11 is 0. The van der Waals surface area contributed by atoms with Crippen LogP contribution in [0.4, 0.5) is 0 Å². The molecule has 1 fully saturated rings. The molecule has 7 nitrogen and oxygen atoms in total. The molecule has 3 heterocycles. The van der Waals surface area contributed by atoms with Crippen molar-refractivity contribution in [2.75, 3.05) is 6.61 Å². The van der Waals surface area contributed by atoms with E-state index in [9.17, 15) is 10.1 Å². The first-order valence-corrected chi connectivity index (χ1v) is 9.12. The molecule has 138 valence electrons. The van der Waals surface area contributed by atoms with E-state index < -0.39 is 0 Å². The van der Waals surface area contributed by atoms with Crippen molar-refractivity contribution < 1.29 is 9.53 Å². The molecule has 2 aromatic heterocycles. The molecule has 0 spiro atoms. The Bertz CT molecular complexity index is 1070. The number of carbonyl (C=O) groups excluding carboxylic acids is 1. The van der Waals surface area contributed by atoms with Crippen molar-refractivity contribution >= 4 is 27.8 Å². The van der Waals surface area contributed by atoms with Gasteiger partial charge in [-0.15, -0.1) is 0 Å². The van der Waals surface area contributed by atoms with Gasteiger partial charge in [0.15, 0.2) is 0 Å². The molecule has 0 saturated carbocycles. The van der Waals surface area contributed by atoms with Gasteiger partial charge in [-0.1, -0.05) is 0 Å². The predicted octanol–water partition coefficient (Wildman–Crippen LogP) is 2.83. The molecule has 1 aromatic carbocycles. The van der Waals surface area contributed by atoms with Gasteiger partial charge in [0.25, 0.3) is 0 Å². The van der Waals surface area contributed by atoms with Gasteiger partial charge in [-0.05, 0) is 38.0 Å². The third kappa shape index (κ3) is 3.24. The largest absolute Gasteiger partial charge is 0.378 e. The van der Waals surface area contributed by atoms with E-state index in [0.717, 1.165) is 40.6 Å². The summed E-state index contributed by atoms with van der Waals surface area (Å²) in [6.45, 7) is 4.62. The molecule has 7 heteroatoms. The number of ether oxygens (including phenoxy) is 1. The molecule has 1 N–H and O–H groups in total. The molecule has 0 radical (unpaired) electrons. The van der Waals surface area contributed by atoms with Crippen molar-refractivity contribution in [1.82, 2.24) is 19.9 Å². The van der Waals surface area contributed by atoms with E-state index in [0.29, 0.717) is 18.7 Å². The Hall–Kier alpha value is -2.98. The number of nitrogens with zero attached hydrogens (tertiary/aromatic N) is 4. The Morgan fingerprint density at radius 2 is 2.30 bits per heavy atom. The number of nitrogens with one attached hydrogen (secondary N) is 1. The lowest BCUT2D eigenvalue weighted by atomic mass is 10.0. The van der Waals surface area contributed by atoms with Crippen LogP contribution in [0.5, 0.6) is 0 Å². The zero-order chi connectivity index (χ0) is 19.0. The van der Waals surface area contributed by atoms with Gasteiger partial charge in [0.05, 0.1) is 41.5 Å². The average molecular weight is 363 g/mol. The summed E-state index contributed by atoms with van der Waals surface area (Å²) in [5, 5.41) is 13.1. The molecule has 3 aromatic rings. The normalized spacial score (nSPS) is 19.9. The molecule has 4 rings (SSSR count). The maximum atomic E-state index is 11.5. The van der Waals surface area contributed by atoms with E-state index in [1.165, 1.54) is 6.92 Å². The van der Waals surface area contributed by atoms with Gasteiger partial charge in [-0.25, -0.2) is 4.98 Å². The van der Waals surface area contributed by atoms with Crippen molar-refractivity contribution in [2.24, 2.45) is 0 Å². The van der Waals surface area contributed by atoms with Crippen LogP contribution in [0.3, 0.4) is 0 Å². The number of amides is 1. The highest BCUT2D eigenvalue weighted by molar-refractivity contribution is 6.02. The summed E-state index contributed by atoms with van der Waals surface area (Å²) in [6, 6.07) is 7.93. The monoisotopic (exact) mass is 363 g/mol. The first kappa shape index (κ1) is 17.4. The highest BCUT2D eigenvalue weighted by Crippen LogP contribution is 2.33. The number of carbonyl (C=O) groups is 1. The zero-order valence-electron chi connectivity index (χ0n) is 15.4. The van der Waals surface area contributed by atoms with Crippen LogP contribution in [0, 0.1) is 11.3 Å². The Balaban J connectivity index is 1.96. The van der Waals surface area contributed by atoms with Gasteiger partial charge in [-0.3, -0.25) is 9.78 Å². The lowest BCUT2D eigenvalue weighted by Gasteiger charge is -2.30. The van der Waals surface area contributed by atoms with E-state index in [-0.39, 0.29) is 18.1 Å². The van der Waals surface area contributed by atoms with Crippen molar-refractivity contribution in [3.8, 4) is 6.07 Å². The van der Waals surface area contributed by atoms with Crippen LogP contribution in [-0.2, 0) is 16.1 Å². The molecule has 0 aliphatic carbocycles. The Labute approximate surface area is 157 Å². The van der Waals surface area contributed by atoms with Crippen LogP contribution in [0.15, 0.2) is 24.4 Å². The Kier molecular flexibility index (Phi) is 4.50. The SMILES string of the molecule is CC(=O)NCc1nc2cnc3ccc(C#N)cc3c2n1C1CCO[C@H](C)C1. The number of fused-ring (bicyclic) bond motifs is 3. The second-order valence-electron chi connectivity index (χ2n) is 7.00. The summed E-state index contributed by atoms with van der Waals surface area (Å²) in [5.74, 6) is 0.708. The molecule has 1 amide bonds. The van der Waals surface area contributed by atoms with Gasteiger partial charge >= 0.3 is 0 Å². The first-order chi connectivity index (χ1) is 13.1. The highest BCUT2D eigenvalue weighted by Gasteiger charge is 2.26. The van der Waals surface area contributed by atoms with Gasteiger partial charge in [0, 0.05) is 25.0 Å². The summed E-state index contributed by atoms with van der Waals surface area (Å²) < 4.78 is 7.94. The van der Waals surface area contributed by atoms with Gasteiger partial charge in [0.1, 0.15) is 11.3 Å². The standard InChI is InChI=1S/C20H21N5O2/c1-12-7-15(5-6-27-12)25-19(11-22-13(2)26)24-18-10-23-17-4-3-14(9-21)8-16(17)20(18)25/h3-4,8,10,12,15H,5-7,11H2,1-2H3,(H,22,26)/t12-,15?/m1/s1. The molecule has 1 aliphatic heterocycles. The molecule has 2 atom stereocenters. The number of hydrogen-bond acceptors (Lipinski definition) is 5. The summed E-state index contributed by atoms with van der Waals surface area (Å²) in [4.78, 5) is 20.7. The number of imidazole rings is 1. The van der Waals surface area contributed by atoms with Crippen molar-refractivity contribution in [2.45, 2.75) is 45.4 Å². The number of benzene rings is 1. The fourth-order valence-corrected chi connectivity index (χ4v) is 3.82. The molecular formula is C20H21N5O2. The van der Waals surface area contributed by atoms with Crippen molar-refractivity contribution in [3.63, 3.8) is 0 Å². The number of nitriles is 1.